The van der Waals surface area contributed by atoms with E-state index in [4.69, 9.17) is 23.2 Å². The average molecular weight is 601 g/mol. The molecule has 2 amide bonds. The van der Waals surface area contributed by atoms with Crippen molar-refractivity contribution in [1.29, 1.82) is 5.26 Å². The van der Waals surface area contributed by atoms with Crippen LogP contribution in [0.4, 0.5) is 5.69 Å². The molecule has 1 N–H and O–H groups in total. The second-order valence-electron chi connectivity index (χ2n) is 7.98. The van der Waals surface area contributed by atoms with Gasteiger partial charge in [0.2, 0.25) is 5.91 Å². The van der Waals surface area contributed by atoms with Crippen LogP contribution in [0.25, 0.3) is 0 Å². The van der Waals surface area contributed by atoms with Crippen LogP contribution >= 0.6 is 50.9 Å². The van der Waals surface area contributed by atoms with Crippen molar-refractivity contribution in [3.63, 3.8) is 0 Å². The van der Waals surface area contributed by atoms with E-state index in [2.05, 4.69) is 21.2 Å². The Hall–Kier alpha value is -2.76. The molecule has 4 rings (SSSR count). The van der Waals surface area contributed by atoms with Gasteiger partial charge in [-0.15, -0.1) is 0 Å². The van der Waals surface area contributed by atoms with Gasteiger partial charge in [-0.2, -0.15) is 5.26 Å². The minimum atomic E-state index is -0.567. The van der Waals surface area contributed by atoms with Crippen LogP contribution in [0, 0.1) is 11.3 Å². The Labute approximate surface area is 232 Å². The van der Waals surface area contributed by atoms with E-state index in [1.165, 1.54) is 16.7 Å². The molecule has 0 bridgehead atoms. The molecule has 9 heteroatoms. The highest BCUT2D eigenvalue weighted by Gasteiger charge is 2.41. The maximum Gasteiger partial charge on any atom is 0.264 e. The van der Waals surface area contributed by atoms with Gasteiger partial charge < -0.3 is 5.32 Å². The number of hydrogen-bond donors (Lipinski definition) is 1. The van der Waals surface area contributed by atoms with Crippen molar-refractivity contribution in [3.05, 3.63) is 109 Å². The molecule has 0 saturated carbocycles. The highest BCUT2D eigenvalue weighted by Crippen LogP contribution is 2.42. The third kappa shape index (κ3) is 6.13. The van der Waals surface area contributed by atoms with E-state index in [0.29, 0.717) is 40.1 Å². The molecule has 3 aromatic carbocycles. The molecule has 36 heavy (non-hydrogen) atoms. The van der Waals surface area contributed by atoms with Crippen LogP contribution in [0.3, 0.4) is 0 Å². The van der Waals surface area contributed by atoms with Crippen molar-refractivity contribution in [3.8, 4) is 6.07 Å². The summed E-state index contributed by atoms with van der Waals surface area (Å²) < 4.78 is 0.847. The van der Waals surface area contributed by atoms with E-state index in [0.717, 1.165) is 15.6 Å². The fraction of sp³-hybridized carbons (Fsp3) is 0.148. The van der Waals surface area contributed by atoms with E-state index in [1.807, 2.05) is 36.4 Å². The van der Waals surface area contributed by atoms with Crippen molar-refractivity contribution in [2.75, 3.05) is 11.4 Å². The van der Waals surface area contributed by atoms with Crippen LogP contribution in [0.15, 0.2) is 87.9 Å². The quantitative estimate of drug-likeness (QED) is 0.247. The summed E-state index contributed by atoms with van der Waals surface area (Å²) in [6.45, 7) is 0.363. The molecular formula is C27H20BrCl2N3O2S. The summed E-state index contributed by atoms with van der Waals surface area (Å²) in [7, 11) is 0. The number of hydrogen-bond acceptors (Lipinski definition) is 4. The van der Waals surface area contributed by atoms with Crippen LogP contribution in [0.2, 0.25) is 10.0 Å². The maximum absolute atomic E-state index is 13.6. The summed E-state index contributed by atoms with van der Waals surface area (Å²) in [6.07, 6.45) is 0.950. The smallest absolute Gasteiger partial charge is 0.264 e. The van der Waals surface area contributed by atoms with E-state index in [9.17, 15) is 14.9 Å². The van der Waals surface area contributed by atoms with Crippen LogP contribution in [-0.2, 0) is 22.4 Å². The standard InChI is InChI=1S/C27H20BrCl2N3O2S/c28-19-7-10-21(11-8-19)33-26(35)24(14-18-6-9-20(29)15-23(18)30)36-27(33)22(16-31)25(34)32-13-12-17-4-2-1-3-5-17/h1-11,15,24H,12-14H2,(H,32,34). The van der Waals surface area contributed by atoms with E-state index < -0.39 is 11.2 Å². The number of nitrogens with zero attached hydrogens (tertiary/aromatic N) is 2. The molecule has 1 heterocycles. The van der Waals surface area contributed by atoms with E-state index in [1.54, 1.807) is 42.5 Å². The molecule has 1 saturated heterocycles. The lowest BCUT2D eigenvalue weighted by molar-refractivity contribution is -0.117. The number of nitriles is 1. The second kappa shape index (κ2) is 12.0. The van der Waals surface area contributed by atoms with Gasteiger partial charge in [0.05, 0.1) is 5.25 Å². The summed E-state index contributed by atoms with van der Waals surface area (Å²) in [6, 6.07) is 24.1. The Morgan fingerprint density at radius 1 is 1.08 bits per heavy atom. The molecule has 1 unspecified atom stereocenters. The van der Waals surface area contributed by atoms with Crippen molar-refractivity contribution >= 4 is 68.4 Å². The normalized spacial score (nSPS) is 16.6. The second-order valence-corrected chi connectivity index (χ2v) is 10.9. The Kier molecular flexibility index (Phi) is 8.76. The SMILES string of the molecule is N#CC(C(=O)NCCc1ccccc1)=C1SC(Cc2ccc(Cl)cc2Cl)C(=O)N1c1ccc(Br)cc1. The number of halogens is 3. The van der Waals surface area contributed by atoms with Crippen LogP contribution in [0.1, 0.15) is 11.1 Å². The molecule has 0 radical (unpaired) electrons. The highest BCUT2D eigenvalue weighted by molar-refractivity contribution is 9.10. The molecular weight excluding hydrogens is 581 g/mol. The topological polar surface area (TPSA) is 73.2 Å². The molecule has 3 aromatic rings. The molecule has 1 aliphatic heterocycles. The van der Waals surface area contributed by atoms with Crippen LogP contribution in [-0.4, -0.2) is 23.6 Å². The summed E-state index contributed by atoms with van der Waals surface area (Å²) in [5.41, 5.74) is 2.30. The lowest BCUT2D eigenvalue weighted by atomic mass is 10.1. The van der Waals surface area contributed by atoms with Gasteiger partial charge in [0, 0.05) is 26.8 Å². The number of nitrogens with one attached hydrogen (secondary N) is 1. The first-order chi connectivity index (χ1) is 17.4. The lowest BCUT2D eigenvalue weighted by Gasteiger charge is -2.19. The Morgan fingerprint density at radius 2 is 1.81 bits per heavy atom. The van der Waals surface area contributed by atoms with Crippen molar-refractivity contribution in [2.45, 2.75) is 18.1 Å². The van der Waals surface area contributed by atoms with Crippen molar-refractivity contribution < 1.29 is 9.59 Å². The molecule has 182 valence electrons. The van der Waals surface area contributed by atoms with Crippen LogP contribution < -0.4 is 10.2 Å². The molecule has 0 spiro atoms. The summed E-state index contributed by atoms with van der Waals surface area (Å²) >= 11 is 17.0. The fourth-order valence-electron chi connectivity index (χ4n) is 3.75. The van der Waals surface area contributed by atoms with Gasteiger partial charge in [0.15, 0.2) is 0 Å². The average Bonchev–Trinajstić information content (AvgIpc) is 3.18. The van der Waals surface area contributed by atoms with Gasteiger partial charge in [0.1, 0.15) is 16.7 Å². The first-order valence-corrected chi connectivity index (χ1v) is 13.5. The van der Waals surface area contributed by atoms with E-state index >= 15 is 0 Å². The lowest BCUT2D eigenvalue weighted by Crippen LogP contribution is -2.32. The molecule has 5 nitrogen and oxygen atoms in total. The Bertz CT molecular complexity index is 1360. The first-order valence-electron chi connectivity index (χ1n) is 11.0. The number of carbonyl (C=O) groups excluding carboxylic acids is 2. The Balaban J connectivity index is 1.63. The summed E-state index contributed by atoms with van der Waals surface area (Å²) in [5.74, 6) is -0.746. The number of rotatable bonds is 7. The Morgan fingerprint density at radius 3 is 2.47 bits per heavy atom. The minimum Gasteiger partial charge on any atom is -0.351 e. The highest BCUT2D eigenvalue weighted by atomic mass is 79.9. The molecule has 0 aliphatic carbocycles. The van der Waals surface area contributed by atoms with Crippen LogP contribution in [0.5, 0.6) is 0 Å². The van der Waals surface area contributed by atoms with Gasteiger partial charge in [-0.25, -0.2) is 0 Å². The zero-order valence-corrected chi connectivity index (χ0v) is 22.8. The molecule has 1 fully saturated rings. The van der Waals surface area contributed by atoms with E-state index in [-0.39, 0.29) is 11.5 Å². The molecule has 1 atom stereocenters. The third-order valence-electron chi connectivity index (χ3n) is 5.55. The number of benzene rings is 3. The number of carbonyl (C=O) groups is 2. The number of anilines is 1. The number of amides is 2. The maximum atomic E-state index is 13.6. The summed E-state index contributed by atoms with van der Waals surface area (Å²) in [4.78, 5) is 28.1. The zero-order chi connectivity index (χ0) is 25.7. The predicted octanol–water partition coefficient (Wildman–Crippen LogP) is 6.54. The van der Waals surface area contributed by atoms with Gasteiger partial charge in [-0.1, -0.05) is 87.3 Å². The van der Waals surface area contributed by atoms with Gasteiger partial charge in [-0.3, -0.25) is 14.5 Å². The fourth-order valence-corrected chi connectivity index (χ4v) is 5.80. The third-order valence-corrected chi connectivity index (χ3v) is 7.93. The molecule has 0 aromatic heterocycles. The minimum absolute atomic E-state index is 0.103. The summed E-state index contributed by atoms with van der Waals surface area (Å²) in [5, 5.41) is 13.5. The number of thioether (sulfide) groups is 1. The van der Waals surface area contributed by atoms with Crippen molar-refractivity contribution in [1.82, 2.24) is 5.32 Å². The van der Waals surface area contributed by atoms with Gasteiger partial charge >= 0.3 is 0 Å². The van der Waals surface area contributed by atoms with Gasteiger partial charge in [0.25, 0.3) is 5.91 Å². The molecule has 1 aliphatic rings. The van der Waals surface area contributed by atoms with Crippen molar-refractivity contribution in [2.24, 2.45) is 0 Å². The zero-order valence-electron chi connectivity index (χ0n) is 18.9. The predicted molar refractivity (Wildman–Crippen MR) is 149 cm³/mol. The first kappa shape index (κ1) is 26.3. The van der Waals surface area contributed by atoms with Gasteiger partial charge in [-0.05, 0) is 60.4 Å². The monoisotopic (exact) mass is 599 g/mol. The largest absolute Gasteiger partial charge is 0.351 e.